The van der Waals surface area contributed by atoms with Crippen molar-refractivity contribution < 1.29 is 0 Å². The zero-order chi connectivity index (χ0) is 37.8. The molecule has 9 nitrogen and oxygen atoms in total. The number of halogens is 2. The average Bonchev–Trinajstić information content (AvgIpc) is 3.24. The molecule has 0 saturated carbocycles. The molecule has 270 valence electrons. The lowest BCUT2D eigenvalue weighted by Crippen LogP contribution is -2.01. The normalized spacial score (nSPS) is 10.6. The summed E-state index contributed by atoms with van der Waals surface area (Å²) >= 11 is 11.7. The van der Waals surface area contributed by atoms with E-state index in [1.165, 1.54) is 0 Å². The average molecular weight is 761 g/mol. The molecule has 9 aromatic rings. The zero-order valence-corrected chi connectivity index (χ0v) is 31.0. The van der Waals surface area contributed by atoms with E-state index in [0.29, 0.717) is 29.1 Å². The van der Waals surface area contributed by atoms with Crippen LogP contribution in [0.5, 0.6) is 0 Å². The van der Waals surface area contributed by atoms with Crippen LogP contribution in [0.15, 0.2) is 165 Å². The fourth-order valence-electron chi connectivity index (χ4n) is 5.78. The fourth-order valence-corrected chi connectivity index (χ4v) is 6.07. The van der Waals surface area contributed by atoms with Gasteiger partial charge in [-0.15, -0.1) is 0 Å². The maximum absolute atomic E-state index is 5.96. The molecule has 0 amide bonds. The Kier molecular flexibility index (Phi) is 11.9. The highest BCUT2D eigenvalue weighted by atomic mass is 35.5. The van der Waals surface area contributed by atoms with E-state index in [0.717, 1.165) is 66.5 Å². The summed E-state index contributed by atoms with van der Waals surface area (Å²) in [7, 11) is 0. The van der Waals surface area contributed by atoms with Crippen molar-refractivity contribution in [2.45, 2.75) is 13.1 Å². The van der Waals surface area contributed by atoms with Crippen LogP contribution in [0.4, 0.5) is 17.1 Å². The summed E-state index contributed by atoms with van der Waals surface area (Å²) in [4.78, 5) is 25.8. The second-order valence-corrected chi connectivity index (χ2v) is 13.1. The van der Waals surface area contributed by atoms with E-state index in [9.17, 15) is 0 Å². The third-order valence-electron chi connectivity index (χ3n) is 8.49. The topological polar surface area (TPSA) is 127 Å². The second-order valence-electron chi connectivity index (χ2n) is 12.3. The highest BCUT2D eigenvalue weighted by molar-refractivity contribution is 6.30. The molecule has 11 heteroatoms. The number of nitrogen functional groups attached to an aromatic ring is 1. The first-order valence-corrected chi connectivity index (χ1v) is 18.2. The van der Waals surface area contributed by atoms with Crippen molar-refractivity contribution in [3.8, 4) is 11.3 Å². The molecule has 0 aliphatic rings. The number of rotatable bonds is 7. The summed E-state index contributed by atoms with van der Waals surface area (Å²) in [6.45, 7) is 1.42. The van der Waals surface area contributed by atoms with Crippen LogP contribution < -0.4 is 16.4 Å². The Balaban J connectivity index is 0.000000134. The Hall–Kier alpha value is -6.68. The van der Waals surface area contributed by atoms with E-state index in [-0.39, 0.29) is 0 Å². The van der Waals surface area contributed by atoms with Gasteiger partial charge in [0.2, 0.25) is 0 Å². The van der Waals surface area contributed by atoms with Gasteiger partial charge in [0.05, 0.1) is 39.3 Å². The first kappa shape index (κ1) is 36.7. The number of hydrogen-bond donors (Lipinski definition) is 3. The van der Waals surface area contributed by atoms with Crippen LogP contribution in [-0.2, 0) is 13.1 Å². The summed E-state index contributed by atoms with van der Waals surface area (Å²) in [5, 5.41) is 11.0. The highest BCUT2D eigenvalue weighted by Gasteiger charge is 2.07. The van der Waals surface area contributed by atoms with Crippen molar-refractivity contribution in [3.05, 3.63) is 186 Å². The SMILES string of the molecule is Clc1ccc2cccc(NCc3cccnc3)c2n1.Nc1cccc2ccc(Cl)nc12.c1cncc(CNc2cccc3ccc(-c4cccnc4)nc23)c1. The highest BCUT2D eigenvalue weighted by Crippen LogP contribution is 2.27. The summed E-state index contributed by atoms with van der Waals surface area (Å²) in [5.74, 6) is 0. The van der Waals surface area contributed by atoms with Crippen LogP contribution in [-0.4, -0.2) is 29.9 Å². The number of benzene rings is 3. The summed E-state index contributed by atoms with van der Waals surface area (Å²) in [6, 6.07) is 41.3. The molecule has 3 aromatic carbocycles. The molecule has 55 heavy (non-hydrogen) atoms. The maximum Gasteiger partial charge on any atom is 0.129 e. The lowest BCUT2D eigenvalue weighted by atomic mass is 10.1. The van der Waals surface area contributed by atoms with Gasteiger partial charge in [-0.3, -0.25) is 15.0 Å². The lowest BCUT2D eigenvalue weighted by molar-refractivity contribution is 1.11. The minimum absolute atomic E-state index is 0.473. The van der Waals surface area contributed by atoms with Crippen molar-refractivity contribution in [2.24, 2.45) is 0 Å². The van der Waals surface area contributed by atoms with Gasteiger partial charge in [0.15, 0.2) is 0 Å². The molecule has 0 unspecified atom stereocenters. The fraction of sp³-hybridized carbons (Fsp3) is 0.0455. The second kappa shape index (κ2) is 17.9. The number of aromatic nitrogens is 6. The number of fused-ring (bicyclic) bond motifs is 3. The monoisotopic (exact) mass is 759 g/mol. The molecule has 0 radical (unpaired) electrons. The van der Waals surface area contributed by atoms with Crippen LogP contribution >= 0.6 is 23.2 Å². The molecule has 9 rings (SSSR count). The molecular formula is C44H35Cl2N9. The molecule has 4 N–H and O–H groups in total. The number of para-hydroxylation sites is 3. The minimum atomic E-state index is 0.473. The third-order valence-corrected chi connectivity index (χ3v) is 8.91. The van der Waals surface area contributed by atoms with E-state index < -0.39 is 0 Å². The minimum Gasteiger partial charge on any atom is -0.397 e. The third kappa shape index (κ3) is 9.66. The number of pyridine rings is 6. The summed E-state index contributed by atoms with van der Waals surface area (Å²) in [6.07, 6.45) is 10.9. The van der Waals surface area contributed by atoms with Gasteiger partial charge in [0, 0.05) is 72.0 Å². The number of nitrogens with two attached hydrogens (primary N) is 1. The van der Waals surface area contributed by atoms with Crippen LogP contribution in [0.1, 0.15) is 11.1 Å². The molecular weight excluding hydrogens is 725 g/mol. The molecule has 6 aromatic heterocycles. The number of nitrogens with one attached hydrogen (secondary N) is 2. The number of nitrogens with zero attached hydrogens (tertiary/aromatic N) is 6. The quantitative estimate of drug-likeness (QED) is 0.107. The zero-order valence-electron chi connectivity index (χ0n) is 29.5. The Labute approximate surface area is 328 Å². The van der Waals surface area contributed by atoms with E-state index in [2.05, 4.69) is 59.8 Å². The van der Waals surface area contributed by atoms with Gasteiger partial charge in [0.25, 0.3) is 0 Å². The van der Waals surface area contributed by atoms with E-state index in [4.69, 9.17) is 33.9 Å². The Morgan fingerprint density at radius 1 is 0.455 bits per heavy atom. The molecule has 0 aliphatic heterocycles. The Bertz CT molecular complexity index is 2650. The van der Waals surface area contributed by atoms with E-state index in [1.54, 1.807) is 30.7 Å². The van der Waals surface area contributed by atoms with Crippen LogP contribution in [0.2, 0.25) is 10.3 Å². The molecule has 6 heterocycles. The lowest BCUT2D eigenvalue weighted by Gasteiger charge is -2.10. The molecule has 0 spiro atoms. The van der Waals surface area contributed by atoms with Gasteiger partial charge in [-0.1, -0.05) is 77.8 Å². The van der Waals surface area contributed by atoms with Crippen LogP contribution in [0.3, 0.4) is 0 Å². The molecule has 0 bridgehead atoms. The Morgan fingerprint density at radius 3 is 1.49 bits per heavy atom. The molecule has 0 saturated heterocycles. The van der Waals surface area contributed by atoms with Crippen LogP contribution in [0, 0.1) is 0 Å². The van der Waals surface area contributed by atoms with Gasteiger partial charge >= 0.3 is 0 Å². The molecule has 0 aliphatic carbocycles. The van der Waals surface area contributed by atoms with E-state index >= 15 is 0 Å². The van der Waals surface area contributed by atoms with Crippen molar-refractivity contribution in [2.75, 3.05) is 16.4 Å². The van der Waals surface area contributed by atoms with Gasteiger partial charge in [-0.25, -0.2) is 15.0 Å². The number of anilines is 3. The van der Waals surface area contributed by atoms with Gasteiger partial charge < -0.3 is 16.4 Å². The first-order chi connectivity index (χ1) is 27.0. The van der Waals surface area contributed by atoms with Crippen molar-refractivity contribution >= 4 is 73.0 Å². The van der Waals surface area contributed by atoms with Gasteiger partial charge in [0.1, 0.15) is 10.3 Å². The van der Waals surface area contributed by atoms with Gasteiger partial charge in [-0.2, -0.15) is 0 Å². The van der Waals surface area contributed by atoms with Crippen molar-refractivity contribution in [1.29, 1.82) is 0 Å². The summed E-state index contributed by atoms with van der Waals surface area (Å²) < 4.78 is 0. The predicted molar refractivity (Wildman–Crippen MR) is 226 cm³/mol. The van der Waals surface area contributed by atoms with Crippen molar-refractivity contribution in [3.63, 3.8) is 0 Å². The Morgan fingerprint density at radius 2 is 0.945 bits per heavy atom. The maximum atomic E-state index is 5.96. The molecule has 0 atom stereocenters. The largest absolute Gasteiger partial charge is 0.397 e. The molecule has 0 fully saturated rings. The van der Waals surface area contributed by atoms with Gasteiger partial charge in [-0.05, 0) is 83.9 Å². The number of hydrogen-bond acceptors (Lipinski definition) is 9. The van der Waals surface area contributed by atoms with Crippen molar-refractivity contribution in [1.82, 2.24) is 29.9 Å². The van der Waals surface area contributed by atoms with E-state index in [1.807, 2.05) is 110 Å². The standard InChI is InChI=1S/C20H16N4.C15H12ClN3.C9H7ClN2/c1-5-16-8-9-18(17-6-3-11-22-14-17)24-20(16)19(7-1)23-13-15-4-2-10-21-12-15;16-14-7-6-12-4-1-5-13(15(12)19-14)18-10-11-3-2-8-17-9-11;10-8-5-4-6-2-1-3-7(11)9(6)12-8/h1-12,14,23H,13H2;1-9,18H,10H2;1-5H,11H2. The summed E-state index contributed by atoms with van der Waals surface area (Å²) in [5.41, 5.74) is 15.2. The smallest absolute Gasteiger partial charge is 0.129 e. The van der Waals surface area contributed by atoms with Crippen LogP contribution in [0.25, 0.3) is 44.0 Å². The predicted octanol–water partition coefficient (Wildman–Crippen LogP) is 10.7. The first-order valence-electron chi connectivity index (χ1n) is 17.4.